The summed E-state index contributed by atoms with van der Waals surface area (Å²) in [7, 11) is 1.63. The molecule has 0 aromatic carbocycles. The van der Waals surface area contributed by atoms with Gasteiger partial charge in [-0.15, -0.1) is 0 Å². The standard InChI is InChI=1S/C11H23NO3/c1-6-7-9(13)8-12(5)10(14)15-11(2,3)4/h9,13H,6-8H2,1-5H3. The van der Waals surface area contributed by atoms with E-state index in [9.17, 15) is 9.90 Å². The van der Waals surface area contributed by atoms with Gasteiger partial charge >= 0.3 is 6.09 Å². The molecule has 0 aromatic heterocycles. The molecule has 0 fully saturated rings. The van der Waals surface area contributed by atoms with Crippen LogP contribution < -0.4 is 0 Å². The van der Waals surface area contributed by atoms with E-state index in [1.165, 1.54) is 4.90 Å². The van der Waals surface area contributed by atoms with Gasteiger partial charge in [0.1, 0.15) is 5.60 Å². The SMILES string of the molecule is CCCC(O)CN(C)C(=O)OC(C)(C)C. The van der Waals surface area contributed by atoms with Crippen LogP contribution >= 0.6 is 0 Å². The van der Waals surface area contributed by atoms with Crippen molar-refractivity contribution in [1.29, 1.82) is 0 Å². The lowest BCUT2D eigenvalue weighted by Crippen LogP contribution is -2.38. The molecule has 0 aliphatic rings. The molecular formula is C11H23NO3. The van der Waals surface area contributed by atoms with E-state index in [1.807, 2.05) is 27.7 Å². The van der Waals surface area contributed by atoms with Crippen molar-refractivity contribution in [2.75, 3.05) is 13.6 Å². The van der Waals surface area contributed by atoms with E-state index in [2.05, 4.69) is 0 Å². The fourth-order valence-corrected chi connectivity index (χ4v) is 1.16. The lowest BCUT2D eigenvalue weighted by Gasteiger charge is -2.25. The number of rotatable bonds is 4. The second kappa shape index (κ2) is 5.95. The molecule has 90 valence electrons. The fraction of sp³-hybridized carbons (Fsp3) is 0.909. The van der Waals surface area contributed by atoms with Gasteiger partial charge in [-0.1, -0.05) is 13.3 Å². The summed E-state index contributed by atoms with van der Waals surface area (Å²) in [4.78, 5) is 12.9. The number of hydrogen-bond donors (Lipinski definition) is 1. The van der Waals surface area contributed by atoms with Crippen molar-refractivity contribution >= 4 is 6.09 Å². The monoisotopic (exact) mass is 217 g/mol. The summed E-state index contributed by atoms with van der Waals surface area (Å²) in [5.74, 6) is 0. The molecule has 1 amide bonds. The number of carbonyl (C=O) groups excluding carboxylic acids is 1. The van der Waals surface area contributed by atoms with Crippen LogP contribution in [0.2, 0.25) is 0 Å². The first-order valence-electron chi connectivity index (χ1n) is 5.38. The number of ether oxygens (including phenoxy) is 1. The van der Waals surface area contributed by atoms with Crippen LogP contribution in [0.4, 0.5) is 4.79 Å². The van der Waals surface area contributed by atoms with Crippen LogP contribution in [0.25, 0.3) is 0 Å². The van der Waals surface area contributed by atoms with E-state index >= 15 is 0 Å². The highest BCUT2D eigenvalue weighted by Crippen LogP contribution is 2.09. The lowest BCUT2D eigenvalue weighted by molar-refractivity contribution is 0.0198. The van der Waals surface area contributed by atoms with E-state index in [0.29, 0.717) is 13.0 Å². The average molecular weight is 217 g/mol. The van der Waals surface area contributed by atoms with Crippen molar-refractivity contribution in [3.05, 3.63) is 0 Å². The zero-order chi connectivity index (χ0) is 12.1. The number of aliphatic hydroxyl groups is 1. The Morgan fingerprint density at radius 2 is 2.00 bits per heavy atom. The molecule has 1 unspecified atom stereocenters. The first-order chi connectivity index (χ1) is 6.76. The van der Waals surface area contributed by atoms with E-state index < -0.39 is 17.8 Å². The molecule has 15 heavy (non-hydrogen) atoms. The Bertz CT molecular complexity index is 198. The summed E-state index contributed by atoms with van der Waals surface area (Å²) >= 11 is 0. The predicted molar refractivity (Wildman–Crippen MR) is 59.8 cm³/mol. The van der Waals surface area contributed by atoms with E-state index in [0.717, 1.165) is 6.42 Å². The minimum atomic E-state index is -0.485. The summed E-state index contributed by atoms with van der Waals surface area (Å²) in [6, 6.07) is 0. The van der Waals surface area contributed by atoms with Crippen molar-refractivity contribution in [3.63, 3.8) is 0 Å². The Balaban J connectivity index is 3.99. The third kappa shape index (κ3) is 7.19. The largest absolute Gasteiger partial charge is 0.444 e. The Morgan fingerprint density at radius 1 is 1.47 bits per heavy atom. The van der Waals surface area contributed by atoms with Crippen molar-refractivity contribution in [2.24, 2.45) is 0 Å². The first-order valence-corrected chi connectivity index (χ1v) is 5.38. The van der Waals surface area contributed by atoms with Gasteiger partial charge in [-0.2, -0.15) is 0 Å². The molecule has 0 spiro atoms. The molecule has 0 aliphatic heterocycles. The second-order valence-electron chi connectivity index (χ2n) is 4.80. The Morgan fingerprint density at radius 3 is 2.40 bits per heavy atom. The van der Waals surface area contributed by atoms with Crippen LogP contribution in [0.15, 0.2) is 0 Å². The van der Waals surface area contributed by atoms with Crippen LogP contribution in [0, 0.1) is 0 Å². The second-order valence-corrected chi connectivity index (χ2v) is 4.80. The maximum Gasteiger partial charge on any atom is 0.410 e. The molecule has 1 atom stereocenters. The Labute approximate surface area is 92.2 Å². The smallest absolute Gasteiger partial charge is 0.410 e. The summed E-state index contributed by atoms with van der Waals surface area (Å²) in [5.41, 5.74) is -0.485. The van der Waals surface area contributed by atoms with Crippen LogP contribution in [-0.2, 0) is 4.74 Å². The Kier molecular flexibility index (Phi) is 5.65. The van der Waals surface area contributed by atoms with Crippen LogP contribution in [0.5, 0.6) is 0 Å². The number of amides is 1. The third-order valence-electron chi connectivity index (χ3n) is 1.81. The van der Waals surface area contributed by atoms with Gasteiger partial charge in [0.15, 0.2) is 0 Å². The molecule has 0 bridgehead atoms. The minimum absolute atomic E-state index is 0.322. The van der Waals surface area contributed by atoms with Gasteiger partial charge in [-0.25, -0.2) is 4.79 Å². The molecule has 1 N–H and O–H groups in total. The molecule has 0 saturated heterocycles. The molecule has 0 rings (SSSR count). The normalized spacial score (nSPS) is 13.5. The zero-order valence-electron chi connectivity index (χ0n) is 10.4. The quantitative estimate of drug-likeness (QED) is 0.783. The van der Waals surface area contributed by atoms with E-state index in [1.54, 1.807) is 7.05 Å². The fourth-order valence-electron chi connectivity index (χ4n) is 1.16. The number of aliphatic hydroxyl groups excluding tert-OH is 1. The summed E-state index contributed by atoms with van der Waals surface area (Å²) in [6.45, 7) is 7.78. The van der Waals surface area contributed by atoms with Crippen molar-refractivity contribution in [3.8, 4) is 0 Å². The predicted octanol–water partition coefficient (Wildman–Crippen LogP) is 2.01. The number of nitrogens with zero attached hydrogens (tertiary/aromatic N) is 1. The van der Waals surface area contributed by atoms with Crippen LogP contribution in [0.3, 0.4) is 0 Å². The van der Waals surface area contributed by atoms with Gasteiger partial charge in [0.05, 0.1) is 6.10 Å². The molecule has 0 heterocycles. The highest BCUT2D eigenvalue weighted by Gasteiger charge is 2.20. The van der Waals surface area contributed by atoms with Gasteiger partial charge in [0.2, 0.25) is 0 Å². The molecule has 0 saturated carbocycles. The Hall–Kier alpha value is -0.770. The summed E-state index contributed by atoms with van der Waals surface area (Å²) in [6.07, 6.45) is 0.751. The molecule has 0 aliphatic carbocycles. The highest BCUT2D eigenvalue weighted by atomic mass is 16.6. The summed E-state index contributed by atoms with van der Waals surface area (Å²) in [5, 5.41) is 9.52. The minimum Gasteiger partial charge on any atom is -0.444 e. The van der Waals surface area contributed by atoms with Gasteiger partial charge in [0, 0.05) is 13.6 Å². The first kappa shape index (κ1) is 14.2. The number of hydrogen-bond acceptors (Lipinski definition) is 3. The maximum absolute atomic E-state index is 11.5. The number of likely N-dealkylation sites (N-methyl/N-ethyl adjacent to an activating group) is 1. The van der Waals surface area contributed by atoms with Crippen molar-refractivity contribution in [2.45, 2.75) is 52.2 Å². The van der Waals surface area contributed by atoms with Gasteiger partial charge < -0.3 is 14.7 Å². The highest BCUT2D eigenvalue weighted by molar-refractivity contribution is 5.67. The van der Waals surface area contributed by atoms with E-state index in [-0.39, 0.29) is 0 Å². The van der Waals surface area contributed by atoms with Gasteiger partial charge in [0.25, 0.3) is 0 Å². The van der Waals surface area contributed by atoms with Crippen molar-refractivity contribution in [1.82, 2.24) is 4.90 Å². The van der Waals surface area contributed by atoms with Gasteiger partial charge in [-0.3, -0.25) is 0 Å². The molecule has 4 heteroatoms. The van der Waals surface area contributed by atoms with Crippen LogP contribution in [0.1, 0.15) is 40.5 Å². The molecule has 4 nitrogen and oxygen atoms in total. The lowest BCUT2D eigenvalue weighted by atomic mass is 10.2. The molecular weight excluding hydrogens is 194 g/mol. The third-order valence-corrected chi connectivity index (χ3v) is 1.81. The summed E-state index contributed by atoms with van der Waals surface area (Å²) < 4.78 is 5.15. The maximum atomic E-state index is 11.5. The van der Waals surface area contributed by atoms with Crippen molar-refractivity contribution < 1.29 is 14.6 Å². The topological polar surface area (TPSA) is 49.8 Å². The molecule has 0 aromatic rings. The zero-order valence-corrected chi connectivity index (χ0v) is 10.4. The van der Waals surface area contributed by atoms with Gasteiger partial charge in [-0.05, 0) is 27.2 Å². The van der Waals surface area contributed by atoms with E-state index in [4.69, 9.17) is 4.74 Å². The molecule has 0 radical (unpaired) electrons. The average Bonchev–Trinajstić information content (AvgIpc) is 2.00. The number of carbonyl (C=O) groups is 1. The van der Waals surface area contributed by atoms with Crippen LogP contribution in [-0.4, -0.2) is 41.4 Å².